The van der Waals surface area contributed by atoms with Crippen LogP contribution in [0.15, 0.2) is 30.3 Å². The van der Waals surface area contributed by atoms with Crippen LogP contribution in [0.3, 0.4) is 0 Å². The highest BCUT2D eigenvalue weighted by molar-refractivity contribution is 6.00. The molecule has 0 bridgehead atoms. The van der Waals surface area contributed by atoms with Gasteiger partial charge < -0.3 is 14.6 Å². The van der Waals surface area contributed by atoms with E-state index in [0.29, 0.717) is 12.6 Å². The minimum absolute atomic E-state index is 0.0938. The van der Waals surface area contributed by atoms with Gasteiger partial charge in [-0.3, -0.25) is 4.79 Å². The number of carbonyl (C=O) groups is 1. The van der Waals surface area contributed by atoms with E-state index in [4.69, 9.17) is 4.74 Å². The first-order valence-electron chi connectivity index (χ1n) is 8.13. The molecule has 1 aromatic heterocycles. The van der Waals surface area contributed by atoms with Crippen LogP contribution in [-0.4, -0.2) is 23.5 Å². The van der Waals surface area contributed by atoms with E-state index in [1.165, 1.54) is 0 Å². The molecule has 1 aromatic carbocycles. The van der Waals surface area contributed by atoms with Crippen LogP contribution in [0.25, 0.3) is 0 Å². The molecule has 1 N–H and O–H groups in total. The van der Waals surface area contributed by atoms with Crippen molar-refractivity contribution in [2.75, 3.05) is 18.5 Å². The number of ether oxygens (including phenoxy) is 1. The predicted molar refractivity (Wildman–Crippen MR) is 94.7 cm³/mol. The van der Waals surface area contributed by atoms with Gasteiger partial charge >= 0.3 is 0 Å². The maximum Gasteiger partial charge on any atom is 0.183 e. The molecular formula is C19H26N2O2. The van der Waals surface area contributed by atoms with E-state index in [1.807, 2.05) is 51.1 Å². The predicted octanol–water partition coefficient (Wildman–Crippen LogP) is 4.38. The Hall–Kier alpha value is -2.23. The third kappa shape index (κ3) is 3.76. The SMILES string of the molecule is CCOc1ccccc1NCC(=O)c1cc(C)n(C(C)C)c1C. The Labute approximate surface area is 138 Å². The fraction of sp³-hybridized carbons (Fsp3) is 0.421. The Morgan fingerprint density at radius 3 is 2.57 bits per heavy atom. The summed E-state index contributed by atoms with van der Waals surface area (Å²) < 4.78 is 7.77. The van der Waals surface area contributed by atoms with Gasteiger partial charge in [-0.2, -0.15) is 0 Å². The van der Waals surface area contributed by atoms with Gasteiger partial charge in [0.1, 0.15) is 5.75 Å². The van der Waals surface area contributed by atoms with Gasteiger partial charge in [-0.15, -0.1) is 0 Å². The molecule has 0 atom stereocenters. The number of nitrogens with zero attached hydrogens (tertiary/aromatic N) is 1. The van der Waals surface area contributed by atoms with Crippen molar-refractivity contribution in [2.24, 2.45) is 0 Å². The van der Waals surface area contributed by atoms with Crippen molar-refractivity contribution >= 4 is 11.5 Å². The number of nitrogens with one attached hydrogen (secondary N) is 1. The molecule has 0 radical (unpaired) electrons. The van der Waals surface area contributed by atoms with Crippen LogP contribution in [0.2, 0.25) is 0 Å². The number of hydrogen-bond donors (Lipinski definition) is 1. The zero-order chi connectivity index (χ0) is 17.0. The number of carbonyl (C=O) groups excluding carboxylic acids is 1. The van der Waals surface area contributed by atoms with Gasteiger partial charge in [0.2, 0.25) is 0 Å². The second kappa shape index (κ2) is 7.36. The molecule has 4 heteroatoms. The quantitative estimate of drug-likeness (QED) is 0.771. The number of Topliss-reactive ketones (excluding diaryl/α,β-unsaturated/α-hetero) is 1. The first-order chi connectivity index (χ1) is 11.0. The lowest BCUT2D eigenvalue weighted by molar-refractivity contribution is 0.101. The standard InChI is InChI=1S/C19H26N2O2/c1-6-23-19-10-8-7-9-17(19)20-12-18(22)16-11-14(4)21(13(2)3)15(16)5/h7-11,13,20H,6,12H2,1-5H3. The van der Waals surface area contributed by atoms with Crippen LogP contribution in [0.4, 0.5) is 5.69 Å². The van der Waals surface area contributed by atoms with Crippen LogP contribution < -0.4 is 10.1 Å². The molecule has 0 aliphatic heterocycles. The summed E-state index contributed by atoms with van der Waals surface area (Å²) >= 11 is 0. The molecule has 2 rings (SSSR count). The largest absolute Gasteiger partial charge is 0.492 e. The fourth-order valence-electron chi connectivity index (χ4n) is 3.02. The third-order valence-electron chi connectivity index (χ3n) is 3.93. The topological polar surface area (TPSA) is 43.3 Å². The first kappa shape index (κ1) is 17.1. The Kier molecular flexibility index (Phi) is 5.48. The van der Waals surface area contributed by atoms with Gasteiger partial charge in [0.25, 0.3) is 0 Å². The molecule has 0 aliphatic carbocycles. The number of hydrogen-bond acceptors (Lipinski definition) is 3. The molecule has 0 saturated carbocycles. The molecule has 0 unspecified atom stereocenters. The average molecular weight is 314 g/mol. The van der Waals surface area contributed by atoms with Gasteiger partial charge in [0, 0.05) is 23.0 Å². The number of benzene rings is 1. The van der Waals surface area contributed by atoms with Gasteiger partial charge in [0.15, 0.2) is 5.78 Å². The lowest BCUT2D eigenvalue weighted by atomic mass is 10.1. The molecule has 23 heavy (non-hydrogen) atoms. The Morgan fingerprint density at radius 1 is 1.26 bits per heavy atom. The Balaban J connectivity index is 2.13. The number of anilines is 1. The van der Waals surface area contributed by atoms with Crippen molar-refractivity contribution in [1.82, 2.24) is 4.57 Å². The summed E-state index contributed by atoms with van der Waals surface area (Å²) in [5.74, 6) is 0.867. The second-order valence-corrected chi connectivity index (χ2v) is 5.95. The van der Waals surface area contributed by atoms with Crippen LogP contribution in [0.1, 0.15) is 48.6 Å². The molecule has 0 aliphatic rings. The zero-order valence-electron chi connectivity index (χ0n) is 14.6. The summed E-state index contributed by atoms with van der Waals surface area (Å²) in [4.78, 5) is 12.6. The lowest BCUT2D eigenvalue weighted by Gasteiger charge is -2.14. The highest BCUT2D eigenvalue weighted by Crippen LogP contribution is 2.24. The van der Waals surface area contributed by atoms with Crippen molar-refractivity contribution in [3.8, 4) is 5.75 Å². The van der Waals surface area contributed by atoms with Crippen molar-refractivity contribution in [3.63, 3.8) is 0 Å². The summed E-state index contributed by atoms with van der Waals surface area (Å²) in [6.07, 6.45) is 0. The lowest BCUT2D eigenvalue weighted by Crippen LogP contribution is -2.16. The van der Waals surface area contributed by atoms with Gasteiger partial charge in [-0.05, 0) is 52.8 Å². The molecule has 124 valence electrons. The van der Waals surface area contributed by atoms with Gasteiger partial charge in [-0.1, -0.05) is 12.1 Å². The highest BCUT2D eigenvalue weighted by atomic mass is 16.5. The number of aromatic nitrogens is 1. The Bertz CT molecular complexity index is 687. The van der Waals surface area contributed by atoms with E-state index in [1.54, 1.807) is 0 Å². The van der Waals surface area contributed by atoms with E-state index >= 15 is 0 Å². The van der Waals surface area contributed by atoms with E-state index in [9.17, 15) is 4.79 Å². The van der Waals surface area contributed by atoms with Crippen LogP contribution in [0.5, 0.6) is 5.75 Å². The zero-order valence-corrected chi connectivity index (χ0v) is 14.6. The monoisotopic (exact) mass is 314 g/mol. The molecule has 0 amide bonds. The molecule has 4 nitrogen and oxygen atoms in total. The number of rotatable bonds is 7. The molecular weight excluding hydrogens is 288 g/mol. The maximum atomic E-state index is 12.6. The maximum absolute atomic E-state index is 12.6. The second-order valence-electron chi connectivity index (χ2n) is 5.95. The minimum Gasteiger partial charge on any atom is -0.492 e. The first-order valence-corrected chi connectivity index (χ1v) is 8.13. The van der Waals surface area contributed by atoms with Gasteiger partial charge in [0.05, 0.1) is 18.8 Å². The number of para-hydroxylation sites is 2. The van der Waals surface area contributed by atoms with Crippen LogP contribution in [-0.2, 0) is 0 Å². The summed E-state index contributed by atoms with van der Waals surface area (Å²) in [6, 6.07) is 10.0. The Morgan fingerprint density at radius 2 is 1.96 bits per heavy atom. The summed E-state index contributed by atoms with van der Waals surface area (Å²) in [6.45, 7) is 11.1. The van der Waals surface area contributed by atoms with E-state index in [2.05, 4.69) is 23.7 Å². The third-order valence-corrected chi connectivity index (χ3v) is 3.93. The van der Waals surface area contributed by atoms with Crippen molar-refractivity contribution in [1.29, 1.82) is 0 Å². The van der Waals surface area contributed by atoms with E-state index < -0.39 is 0 Å². The normalized spacial score (nSPS) is 10.9. The average Bonchev–Trinajstić information content (AvgIpc) is 2.81. The summed E-state index contributed by atoms with van der Waals surface area (Å²) in [5.41, 5.74) is 3.79. The minimum atomic E-state index is 0.0938. The molecule has 2 aromatic rings. The summed E-state index contributed by atoms with van der Waals surface area (Å²) in [7, 11) is 0. The smallest absolute Gasteiger partial charge is 0.183 e. The number of aryl methyl sites for hydroxylation is 1. The van der Waals surface area contributed by atoms with Crippen molar-refractivity contribution < 1.29 is 9.53 Å². The summed E-state index contributed by atoms with van der Waals surface area (Å²) in [5, 5.41) is 3.20. The van der Waals surface area contributed by atoms with Gasteiger partial charge in [-0.25, -0.2) is 0 Å². The van der Waals surface area contributed by atoms with Crippen molar-refractivity contribution in [2.45, 2.75) is 40.7 Å². The van der Waals surface area contributed by atoms with Crippen molar-refractivity contribution in [3.05, 3.63) is 47.3 Å². The molecule has 0 saturated heterocycles. The van der Waals surface area contributed by atoms with E-state index in [-0.39, 0.29) is 12.3 Å². The molecule has 0 fully saturated rings. The van der Waals surface area contributed by atoms with E-state index in [0.717, 1.165) is 28.4 Å². The molecule has 1 heterocycles. The van der Waals surface area contributed by atoms with Crippen LogP contribution >= 0.6 is 0 Å². The highest BCUT2D eigenvalue weighted by Gasteiger charge is 2.17. The van der Waals surface area contributed by atoms with Crippen LogP contribution in [0, 0.1) is 13.8 Å². The fourth-order valence-corrected chi connectivity index (χ4v) is 3.02. The number of ketones is 1. The molecule has 0 spiro atoms.